The number of hydrogen-bond donors (Lipinski definition) is 1. The summed E-state index contributed by atoms with van der Waals surface area (Å²) < 4.78 is 45.9. The number of piperazine rings is 1. The summed E-state index contributed by atoms with van der Waals surface area (Å²) in [6.45, 7) is 3.32. The highest BCUT2D eigenvalue weighted by Gasteiger charge is 2.20. The van der Waals surface area contributed by atoms with Crippen molar-refractivity contribution in [2.45, 2.75) is 6.54 Å². The lowest BCUT2D eigenvalue weighted by molar-refractivity contribution is -0.117. The minimum absolute atomic E-state index is 0.0543. The number of nitrogens with zero attached hydrogens (tertiary/aromatic N) is 2. The van der Waals surface area contributed by atoms with Crippen LogP contribution in [0.4, 0.5) is 18.9 Å². The second-order valence-electron chi connectivity index (χ2n) is 6.67. The second-order valence-corrected chi connectivity index (χ2v) is 6.67. The molecule has 5 nitrogen and oxygen atoms in total. The highest BCUT2D eigenvalue weighted by atomic mass is 19.1. The molecule has 150 valence electrons. The van der Waals surface area contributed by atoms with Crippen LogP contribution in [0.1, 0.15) is 5.56 Å². The number of amides is 1. The van der Waals surface area contributed by atoms with Gasteiger partial charge in [0.2, 0.25) is 5.91 Å². The van der Waals surface area contributed by atoms with Gasteiger partial charge >= 0.3 is 0 Å². The normalized spacial score (nSPS) is 15.4. The maximum absolute atomic E-state index is 13.8. The SMILES string of the molecule is COc1ccc(CN2CCN(CC(=O)Nc3c(F)cccc3F)CC2)cc1F. The van der Waals surface area contributed by atoms with Crippen molar-refractivity contribution < 1.29 is 22.7 Å². The van der Waals surface area contributed by atoms with Gasteiger partial charge in [-0.25, -0.2) is 13.2 Å². The third-order valence-corrected chi connectivity index (χ3v) is 4.68. The largest absolute Gasteiger partial charge is 0.494 e. The summed E-state index contributed by atoms with van der Waals surface area (Å²) in [5.74, 6) is -2.24. The molecule has 1 amide bonds. The summed E-state index contributed by atoms with van der Waals surface area (Å²) >= 11 is 0. The molecule has 8 heteroatoms. The van der Waals surface area contributed by atoms with Crippen LogP contribution in [0.2, 0.25) is 0 Å². The first-order valence-corrected chi connectivity index (χ1v) is 8.97. The average Bonchev–Trinajstić information content (AvgIpc) is 2.67. The molecule has 0 aliphatic carbocycles. The molecule has 2 aromatic carbocycles. The van der Waals surface area contributed by atoms with Gasteiger partial charge in [-0.2, -0.15) is 0 Å². The number of hydrogen-bond acceptors (Lipinski definition) is 4. The second kappa shape index (κ2) is 9.07. The van der Waals surface area contributed by atoms with Gasteiger partial charge in [-0.15, -0.1) is 0 Å². The summed E-state index contributed by atoms with van der Waals surface area (Å²) in [4.78, 5) is 16.2. The van der Waals surface area contributed by atoms with Crippen molar-refractivity contribution >= 4 is 11.6 Å². The first-order chi connectivity index (χ1) is 13.5. The Morgan fingerprint density at radius 1 is 1.00 bits per heavy atom. The van der Waals surface area contributed by atoms with E-state index in [0.29, 0.717) is 32.7 Å². The van der Waals surface area contributed by atoms with Crippen molar-refractivity contribution in [3.63, 3.8) is 0 Å². The Kier molecular flexibility index (Phi) is 6.53. The van der Waals surface area contributed by atoms with Gasteiger partial charge in [0.25, 0.3) is 0 Å². The number of nitrogens with one attached hydrogen (secondary N) is 1. The third kappa shape index (κ3) is 5.02. The van der Waals surface area contributed by atoms with Crippen LogP contribution in [-0.2, 0) is 11.3 Å². The molecule has 0 aromatic heterocycles. The molecule has 28 heavy (non-hydrogen) atoms. The lowest BCUT2D eigenvalue weighted by Gasteiger charge is -2.34. The molecule has 0 unspecified atom stereocenters. The first-order valence-electron chi connectivity index (χ1n) is 8.97. The third-order valence-electron chi connectivity index (χ3n) is 4.68. The predicted molar refractivity (Wildman–Crippen MR) is 99.7 cm³/mol. The Balaban J connectivity index is 1.47. The van der Waals surface area contributed by atoms with E-state index in [1.165, 1.54) is 19.2 Å². The maximum Gasteiger partial charge on any atom is 0.238 e. The minimum Gasteiger partial charge on any atom is -0.494 e. The van der Waals surface area contributed by atoms with Gasteiger partial charge < -0.3 is 10.1 Å². The molecule has 1 fully saturated rings. The van der Waals surface area contributed by atoms with E-state index in [9.17, 15) is 18.0 Å². The fourth-order valence-corrected chi connectivity index (χ4v) is 3.17. The van der Waals surface area contributed by atoms with Crippen molar-refractivity contribution in [2.75, 3.05) is 45.2 Å². The molecule has 0 saturated carbocycles. The predicted octanol–water partition coefficient (Wildman–Crippen LogP) is 2.87. The fourth-order valence-electron chi connectivity index (χ4n) is 3.17. The van der Waals surface area contributed by atoms with E-state index >= 15 is 0 Å². The summed E-state index contributed by atoms with van der Waals surface area (Å²) in [5.41, 5.74) is 0.423. The van der Waals surface area contributed by atoms with Crippen LogP contribution >= 0.6 is 0 Å². The molecule has 1 saturated heterocycles. The molecule has 3 rings (SSSR count). The molecular formula is C20H22F3N3O2. The van der Waals surface area contributed by atoms with Crippen LogP contribution in [0.5, 0.6) is 5.75 Å². The van der Waals surface area contributed by atoms with Crippen molar-refractivity contribution in [2.24, 2.45) is 0 Å². The van der Waals surface area contributed by atoms with E-state index in [0.717, 1.165) is 17.7 Å². The summed E-state index contributed by atoms with van der Waals surface area (Å²) in [5, 5.41) is 2.30. The number of methoxy groups -OCH3 is 1. The Morgan fingerprint density at radius 2 is 1.64 bits per heavy atom. The van der Waals surface area contributed by atoms with E-state index in [2.05, 4.69) is 10.2 Å². The monoisotopic (exact) mass is 393 g/mol. The van der Waals surface area contributed by atoms with E-state index in [4.69, 9.17) is 4.74 Å². The van der Waals surface area contributed by atoms with Gasteiger partial charge in [0.1, 0.15) is 17.3 Å². The molecule has 1 aliphatic heterocycles. The number of carbonyl (C=O) groups excluding carboxylic acids is 1. The highest BCUT2D eigenvalue weighted by Crippen LogP contribution is 2.20. The standard InChI is InChI=1S/C20H22F3N3O2/c1-28-18-6-5-14(11-17(18)23)12-25-7-9-26(10-8-25)13-19(27)24-20-15(21)3-2-4-16(20)22/h2-6,11H,7-10,12-13H2,1H3,(H,24,27). The zero-order valence-corrected chi connectivity index (χ0v) is 15.6. The maximum atomic E-state index is 13.8. The molecule has 0 bridgehead atoms. The van der Waals surface area contributed by atoms with Crippen molar-refractivity contribution in [1.82, 2.24) is 9.80 Å². The van der Waals surface area contributed by atoms with Crippen LogP contribution in [0.3, 0.4) is 0 Å². The van der Waals surface area contributed by atoms with Crippen LogP contribution in [0.25, 0.3) is 0 Å². The molecule has 2 aromatic rings. The van der Waals surface area contributed by atoms with Crippen LogP contribution in [0.15, 0.2) is 36.4 Å². The van der Waals surface area contributed by atoms with Crippen molar-refractivity contribution in [3.8, 4) is 5.75 Å². The molecular weight excluding hydrogens is 371 g/mol. The molecule has 1 heterocycles. The van der Waals surface area contributed by atoms with Gasteiger partial charge in [-0.3, -0.25) is 14.6 Å². The fraction of sp³-hybridized carbons (Fsp3) is 0.350. The smallest absolute Gasteiger partial charge is 0.238 e. The van der Waals surface area contributed by atoms with Crippen LogP contribution in [-0.4, -0.2) is 55.5 Å². The van der Waals surface area contributed by atoms with Crippen LogP contribution in [0, 0.1) is 17.5 Å². The molecule has 1 N–H and O–H groups in total. The van der Waals surface area contributed by atoms with Gasteiger partial charge in [0.05, 0.1) is 13.7 Å². The van der Waals surface area contributed by atoms with Crippen molar-refractivity contribution in [3.05, 3.63) is 59.4 Å². The molecule has 0 atom stereocenters. The van der Waals surface area contributed by atoms with E-state index in [1.807, 2.05) is 11.0 Å². The quantitative estimate of drug-likeness (QED) is 0.820. The Bertz CT molecular complexity index is 819. The molecule has 0 spiro atoms. The van der Waals surface area contributed by atoms with Gasteiger partial charge in [0, 0.05) is 32.7 Å². The lowest BCUT2D eigenvalue weighted by Crippen LogP contribution is -2.48. The lowest BCUT2D eigenvalue weighted by atomic mass is 10.2. The summed E-state index contributed by atoms with van der Waals surface area (Å²) in [6.07, 6.45) is 0. The number of halogens is 3. The van der Waals surface area contributed by atoms with Crippen molar-refractivity contribution in [1.29, 1.82) is 0 Å². The molecule has 1 aliphatic rings. The van der Waals surface area contributed by atoms with Gasteiger partial charge in [0.15, 0.2) is 11.6 Å². The summed E-state index contributed by atoms with van der Waals surface area (Å²) in [7, 11) is 1.42. The zero-order chi connectivity index (χ0) is 20.1. The summed E-state index contributed by atoms with van der Waals surface area (Å²) in [6, 6.07) is 8.33. The van der Waals surface area contributed by atoms with Gasteiger partial charge in [-0.05, 0) is 29.8 Å². The zero-order valence-electron chi connectivity index (χ0n) is 15.6. The average molecular weight is 393 g/mol. The number of rotatable bonds is 6. The minimum atomic E-state index is -0.801. The van der Waals surface area contributed by atoms with E-state index < -0.39 is 29.0 Å². The number of ether oxygens (including phenoxy) is 1. The van der Waals surface area contributed by atoms with Gasteiger partial charge in [-0.1, -0.05) is 12.1 Å². The Morgan fingerprint density at radius 3 is 2.25 bits per heavy atom. The highest BCUT2D eigenvalue weighted by molar-refractivity contribution is 5.92. The van der Waals surface area contributed by atoms with E-state index in [-0.39, 0.29) is 12.3 Å². The Hall–Kier alpha value is -2.58. The Labute approximate surface area is 161 Å². The molecule has 0 radical (unpaired) electrons. The van der Waals surface area contributed by atoms with E-state index in [1.54, 1.807) is 6.07 Å². The number of carbonyl (C=O) groups is 1. The number of para-hydroxylation sites is 1. The first kappa shape index (κ1) is 20.2. The number of benzene rings is 2. The van der Waals surface area contributed by atoms with Crippen LogP contribution < -0.4 is 10.1 Å². The number of anilines is 1. The topological polar surface area (TPSA) is 44.8 Å².